The maximum atomic E-state index is 12.4. The van der Waals surface area contributed by atoms with Crippen LogP contribution in [0, 0.1) is 13.8 Å². The summed E-state index contributed by atoms with van der Waals surface area (Å²) < 4.78 is 15.9. The van der Waals surface area contributed by atoms with Gasteiger partial charge in [-0.15, -0.1) is 0 Å². The Morgan fingerprint density at radius 1 is 1.15 bits per heavy atom. The Labute approximate surface area is 155 Å². The second-order valence-electron chi connectivity index (χ2n) is 5.90. The van der Waals surface area contributed by atoms with Crippen molar-refractivity contribution in [3.05, 3.63) is 74.1 Å². The van der Waals surface area contributed by atoms with Gasteiger partial charge >= 0.3 is 11.6 Å². The molecule has 0 aliphatic heterocycles. The molecule has 2 aromatic carbocycles. The summed E-state index contributed by atoms with van der Waals surface area (Å²) in [6.07, 6.45) is 0. The molecule has 0 saturated carbocycles. The number of hydrogen-bond donors (Lipinski definition) is 0. The zero-order chi connectivity index (χ0) is 18.8. The van der Waals surface area contributed by atoms with Crippen LogP contribution in [0.4, 0.5) is 0 Å². The van der Waals surface area contributed by atoms with Crippen LogP contribution in [0.15, 0.2) is 45.6 Å². The van der Waals surface area contributed by atoms with E-state index in [-0.39, 0.29) is 12.2 Å². The molecule has 0 saturated heterocycles. The van der Waals surface area contributed by atoms with Gasteiger partial charge in [-0.2, -0.15) is 0 Å². The number of carbonyl (C=O) groups is 1. The van der Waals surface area contributed by atoms with E-state index in [4.69, 9.17) is 25.5 Å². The van der Waals surface area contributed by atoms with Gasteiger partial charge < -0.3 is 13.9 Å². The number of fused-ring (bicyclic) bond motifs is 1. The highest BCUT2D eigenvalue weighted by molar-refractivity contribution is 6.31. The van der Waals surface area contributed by atoms with Crippen LogP contribution in [-0.2, 0) is 11.3 Å². The molecule has 0 radical (unpaired) electrons. The predicted octanol–water partition coefficient (Wildman–Crippen LogP) is 4.43. The van der Waals surface area contributed by atoms with Gasteiger partial charge in [-0.25, -0.2) is 9.59 Å². The second kappa shape index (κ2) is 7.22. The van der Waals surface area contributed by atoms with E-state index in [1.807, 2.05) is 26.0 Å². The minimum absolute atomic E-state index is 0.0703. The molecular weight excluding hydrogens is 356 g/mol. The molecule has 1 aromatic heterocycles. The number of halogens is 1. The number of benzene rings is 2. The Morgan fingerprint density at radius 3 is 2.65 bits per heavy atom. The van der Waals surface area contributed by atoms with E-state index in [2.05, 4.69) is 0 Å². The molecule has 0 aliphatic carbocycles. The molecule has 6 heteroatoms. The highest BCUT2D eigenvalue weighted by Gasteiger charge is 2.16. The van der Waals surface area contributed by atoms with Crippen molar-refractivity contribution in [1.82, 2.24) is 0 Å². The molecule has 0 N–H and O–H groups in total. The predicted molar refractivity (Wildman–Crippen MR) is 99.1 cm³/mol. The topological polar surface area (TPSA) is 65.7 Å². The fraction of sp³-hybridized carbons (Fsp3) is 0.200. The van der Waals surface area contributed by atoms with Crippen LogP contribution in [0.5, 0.6) is 5.75 Å². The summed E-state index contributed by atoms with van der Waals surface area (Å²) in [5.74, 6) is -0.224. The Morgan fingerprint density at radius 2 is 1.92 bits per heavy atom. The van der Waals surface area contributed by atoms with Crippen molar-refractivity contribution in [2.24, 2.45) is 0 Å². The molecule has 3 aromatic rings. The van der Waals surface area contributed by atoms with Gasteiger partial charge in [-0.3, -0.25) is 0 Å². The first kappa shape index (κ1) is 18.0. The Hall–Kier alpha value is -2.79. The third kappa shape index (κ3) is 3.44. The van der Waals surface area contributed by atoms with E-state index in [9.17, 15) is 9.59 Å². The average molecular weight is 373 g/mol. The fourth-order valence-corrected chi connectivity index (χ4v) is 2.88. The minimum Gasteiger partial charge on any atom is -0.496 e. The summed E-state index contributed by atoms with van der Waals surface area (Å²) in [4.78, 5) is 24.3. The molecule has 1 heterocycles. The Bertz CT molecular complexity index is 1050. The molecule has 0 aliphatic rings. The molecule has 0 unspecified atom stereocenters. The smallest absolute Gasteiger partial charge is 0.342 e. The number of rotatable bonds is 4. The summed E-state index contributed by atoms with van der Waals surface area (Å²) in [7, 11) is 1.46. The van der Waals surface area contributed by atoms with E-state index in [0.717, 1.165) is 16.5 Å². The van der Waals surface area contributed by atoms with Gasteiger partial charge in [0.15, 0.2) is 0 Å². The largest absolute Gasteiger partial charge is 0.496 e. The van der Waals surface area contributed by atoms with Crippen LogP contribution in [-0.4, -0.2) is 13.1 Å². The summed E-state index contributed by atoms with van der Waals surface area (Å²) in [5, 5.41) is 1.13. The average Bonchev–Trinajstić information content (AvgIpc) is 2.62. The molecule has 26 heavy (non-hydrogen) atoms. The van der Waals surface area contributed by atoms with Crippen molar-refractivity contribution >= 4 is 28.5 Å². The number of ether oxygens (including phenoxy) is 2. The second-order valence-corrected chi connectivity index (χ2v) is 6.33. The standard InChI is InChI=1S/C20H17ClO5/c1-11-4-6-15-13(8-18(22)26-19(15)12(11)2)10-25-20(23)16-9-14(21)5-7-17(16)24-3/h4-9H,10H2,1-3H3. The van der Waals surface area contributed by atoms with E-state index >= 15 is 0 Å². The lowest BCUT2D eigenvalue weighted by Gasteiger charge is -2.11. The van der Waals surface area contributed by atoms with Crippen LogP contribution in [0.2, 0.25) is 5.02 Å². The van der Waals surface area contributed by atoms with E-state index in [1.165, 1.54) is 19.2 Å². The minimum atomic E-state index is -0.588. The lowest BCUT2D eigenvalue weighted by atomic mass is 10.0. The van der Waals surface area contributed by atoms with Crippen molar-refractivity contribution in [1.29, 1.82) is 0 Å². The molecule has 0 bridgehead atoms. The lowest BCUT2D eigenvalue weighted by molar-refractivity contribution is 0.0470. The van der Waals surface area contributed by atoms with Crippen molar-refractivity contribution in [2.75, 3.05) is 7.11 Å². The van der Waals surface area contributed by atoms with Crippen LogP contribution in [0.1, 0.15) is 27.0 Å². The Balaban J connectivity index is 1.93. The zero-order valence-corrected chi connectivity index (χ0v) is 15.3. The molecule has 0 spiro atoms. The number of aryl methyl sites for hydroxylation is 2. The van der Waals surface area contributed by atoms with E-state index < -0.39 is 11.6 Å². The molecule has 3 rings (SSSR count). The van der Waals surface area contributed by atoms with Crippen molar-refractivity contribution in [3.8, 4) is 5.75 Å². The van der Waals surface area contributed by atoms with Crippen LogP contribution >= 0.6 is 11.6 Å². The highest BCUT2D eigenvalue weighted by Crippen LogP contribution is 2.26. The normalized spacial score (nSPS) is 10.8. The van der Waals surface area contributed by atoms with Gasteiger partial charge in [-0.05, 0) is 43.2 Å². The molecule has 0 fully saturated rings. The number of hydrogen-bond acceptors (Lipinski definition) is 5. The van der Waals surface area contributed by atoms with E-state index in [0.29, 0.717) is 21.9 Å². The van der Waals surface area contributed by atoms with Crippen molar-refractivity contribution < 1.29 is 18.7 Å². The number of methoxy groups -OCH3 is 1. The lowest BCUT2D eigenvalue weighted by Crippen LogP contribution is -2.09. The van der Waals surface area contributed by atoms with Crippen molar-refractivity contribution in [3.63, 3.8) is 0 Å². The molecule has 0 atom stereocenters. The first-order valence-electron chi connectivity index (χ1n) is 7.94. The summed E-state index contributed by atoms with van der Waals surface area (Å²) in [6.45, 7) is 3.75. The molecule has 134 valence electrons. The van der Waals surface area contributed by atoms with Crippen LogP contribution in [0.3, 0.4) is 0 Å². The van der Waals surface area contributed by atoms with Gasteiger partial charge in [0.1, 0.15) is 23.5 Å². The van der Waals surface area contributed by atoms with Crippen molar-refractivity contribution in [2.45, 2.75) is 20.5 Å². The summed E-state index contributed by atoms with van der Waals surface area (Å²) in [5.41, 5.74) is 2.71. The van der Waals surface area contributed by atoms with Gasteiger partial charge in [-0.1, -0.05) is 23.7 Å². The third-order valence-corrected chi connectivity index (χ3v) is 4.49. The summed E-state index contributed by atoms with van der Waals surface area (Å²) in [6, 6.07) is 9.82. The first-order valence-corrected chi connectivity index (χ1v) is 8.32. The van der Waals surface area contributed by atoms with Gasteiger partial charge in [0, 0.05) is 22.0 Å². The summed E-state index contributed by atoms with van der Waals surface area (Å²) >= 11 is 5.95. The number of carbonyl (C=O) groups excluding carboxylic acids is 1. The quantitative estimate of drug-likeness (QED) is 0.500. The fourth-order valence-electron chi connectivity index (χ4n) is 2.70. The van der Waals surface area contributed by atoms with Gasteiger partial charge in [0.25, 0.3) is 0 Å². The van der Waals surface area contributed by atoms with Gasteiger partial charge in [0.2, 0.25) is 0 Å². The molecule has 5 nitrogen and oxygen atoms in total. The Kier molecular flexibility index (Phi) is 5.00. The third-order valence-electron chi connectivity index (χ3n) is 4.26. The van der Waals surface area contributed by atoms with Crippen LogP contribution < -0.4 is 10.4 Å². The maximum absolute atomic E-state index is 12.4. The monoisotopic (exact) mass is 372 g/mol. The maximum Gasteiger partial charge on any atom is 0.342 e. The first-order chi connectivity index (χ1) is 12.4. The van der Waals surface area contributed by atoms with Gasteiger partial charge in [0.05, 0.1) is 7.11 Å². The van der Waals surface area contributed by atoms with Crippen LogP contribution in [0.25, 0.3) is 11.0 Å². The SMILES string of the molecule is COc1ccc(Cl)cc1C(=O)OCc1cc(=O)oc2c(C)c(C)ccc12. The molecular formula is C20H17ClO5. The van der Waals surface area contributed by atoms with E-state index in [1.54, 1.807) is 12.1 Å². The molecule has 0 amide bonds. The number of esters is 1. The zero-order valence-electron chi connectivity index (χ0n) is 14.6. The highest BCUT2D eigenvalue weighted by atomic mass is 35.5.